The van der Waals surface area contributed by atoms with Crippen LogP contribution in [0, 0.1) is 11.7 Å². The molecule has 80 valence electrons. The molecule has 2 aromatic heterocycles. The highest BCUT2D eigenvalue weighted by Gasteiger charge is 2.07. The molecule has 4 nitrogen and oxygen atoms in total. The highest BCUT2D eigenvalue weighted by atomic mass is 32.1. The summed E-state index contributed by atoms with van der Waals surface area (Å²) in [7, 11) is 0. The van der Waals surface area contributed by atoms with Gasteiger partial charge in [0.2, 0.25) is 0 Å². The van der Waals surface area contributed by atoms with Crippen molar-refractivity contribution in [2.24, 2.45) is 0 Å². The molecule has 0 amide bonds. The topological polar surface area (TPSA) is 38.5 Å². The Balaban J connectivity index is 2.18. The molecule has 0 spiro atoms. The summed E-state index contributed by atoms with van der Waals surface area (Å²) in [6.45, 7) is 4.97. The van der Waals surface area contributed by atoms with Gasteiger partial charge in [0.1, 0.15) is 0 Å². The van der Waals surface area contributed by atoms with Gasteiger partial charge in [0, 0.05) is 24.3 Å². The molecule has 0 fully saturated rings. The molecular formula is C10H14N4S. The van der Waals surface area contributed by atoms with Crippen LogP contribution in [-0.2, 0) is 6.54 Å². The number of nitrogens with zero attached hydrogens (tertiary/aromatic N) is 3. The third-order valence-electron chi connectivity index (χ3n) is 2.36. The molecule has 2 heterocycles. The number of hydrogen-bond donors (Lipinski definition) is 1. The molecule has 0 bridgehead atoms. The van der Waals surface area contributed by atoms with Gasteiger partial charge < -0.3 is 9.55 Å². The lowest BCUT2D eigenvalue weighted by Crippen LogP contribution is -2.12. The lowest BCUT2D eigenvalue weighted by Gasteiger charge is -2.12. The van der Waals surface area contributed by atoms with Gasteiger partial charge in [-0.05, 0) is 32.1 Å². The predicted octanol–water partition coefficient (Wildman–Crippen LogP) is 2.31. The minimum Gasteiger partial charge on any atom is -0.335 e. The van der Waals surface area contributed by atoms with E-state index in [1.807, 2.05) is 30.1 Å². The van der Waals surface area contributed by atoms with Gasteiger partial charge >= 0.3 is 0 Å². The fraction of sp³-hybridized carbons (Fsp3) is 0.400. The number of aromatic nitrogens is 4. The minimum absolute atomic E-state index is 0.308. The van der Waals surface area contributed by atoms with E-state index in [9.17, 15) is 0 Å². The molecule has 5 heteroatoms. The van der Waals surface area contributed by atoms with E-state index < -0.39 is 0 Å². The first kappa shape index (κ1) is 10.2. The Morgan fingerprint density at radius 3 is 2.93 bits per heavy atom. The first-order valence-electron chi connectivity index (χ1n) is 4.92. The van der Waals surface area contributed by atoms with Crippen LogP contribution >= 0.6 is 12.2 Å². The van der Waals surface area contributed by atoms with Crippen LogP contribution in [0.4, 0.5) is 0 Å². The van der Waals surface area contributed by atoms with E-state index in [0.29, 0.717) is 6.04 Å². The van der Waals surface area contributed by atoms with Crippen LogP contribution in [0.25, 0.3) is 0 Å². The van der Waals surface area contributed by atoms with Crippen molar-refractivity contribution in [2.75, 3.05) is 0 Å². The van der Waals surface area contributed by atoms with Gasteiger partial charge in [-0.15, -0.1) is 0 Å². The second kappa shape index (κ2) is 4.02. The van der Waals surface area contributed by atoms with Crippen molar-refractivity contribution in [1.29, 1.82) is 0 Å². The van der Waals surface area contributed by atoms with Gasteiger partial charge in [0.25, 0.3) is 0 Å². The zero-order valence-corrected chi connectivity index (χ0v) is 9.66. The largest absolute Gasteiger partial charge is 0.335 e. The Hall–Kier alpha value is -1.36. The molecule has 1 atom stereocenters. The number of nitrogens with one attached hydrogen (secondary N) is 1. The Morgan fingerprint density at radius 2 is 2.40 bits per heavy atom. The van der Waals surface area contributed by atoms with E-state index in [1.54, 1.807) is 6.20 Å². The number of aryl methyl sites for hydroxylation is 1. The fourth-order valence-electron chi connectivity index (χ4n) is 1.63. The molecule has 0 aliphatic carbocycles. The third kappa shape index (κ3) is 2.18. The summed E-state index contributed by atoms with van der Waals surface area (Å²) in [5.74, 6) is 0. The zero-order valence-electron chi connectivity index (χ0n) is 8.84. The average molecular weight is 222 g/mol. The molecule has 1 N–H and O–H groups in total. The van der Waals surface area contributed by atoms with Gasteiger partial charge in [-0.2, -0.15) is 5.10 Å². The molecule has 2 rings (SSSR count). The van der Waals surface area contributed by atoms with E-state index in [4.69, 9.17) is 12.2 Å². The molecule has 0 radical (unpaired) electrons. The quantitative estimate of drug-likeness (QED) is 0.809. The van der Waals surface area contributed by atoms with Crippen LogP contribution in [0.1, 0.15) is 18.7 Å². The van der Waals surface area contributed by atoms with Crippen molar-refractivity contribution in [2.45, 2.75) is 26.4 Å². The lowest BCUT2D eigenvalue weighted by molar-refractivity contribution is 0.433. The molecule has 0 aromatic carbocycles. The van der Waals surface area contributed by atoms with E-state index >= 15 is 0 Å². The van der Waals surface area contributed by atoms with Crippen molar-refractivity contribution >= 4 is 12.2 Å². The summed E-state index contributed by atoms with van der Waals surface area (Å²) in [5.41, 5.74) is 1.09. The zero-order chi connectivity index (χ0) is 10.8. The van der Waals surface area contributed by atoms with Crippen LogP contribution in [-0.4, -0.2) is 19.3 Å². The van der Waals surface area contributed by atoms with Gasteiger partial charge in [-0.3, -0.25) is 4.68 Å². The number of aromatic amines is 1. The van der Waals surface area contributed by atoms with Crippen molar-refractivity contribution in [3.05, 3.63) is 35.1 Å². The molecule has 0 saturated heterocycles. The van der Waals surface area contributed by atoms with E-state index in [1.165, 1.54) is 0 Å². The van der Waals surface area contributed by atoms with Crippen molar-refractivity contribution in [1.82, 2.24) is 19.3 Å². The number of hydrogen-bond acceptors (Lipinski definition) is 2. The SMILES string of the molecule is Cc1cn(C(C)Cn2cccn2)c(=S)[nH]1. The summed E-state index contributed by atoms with van der Waals surface area (Å²) in [6.07, 6.45) is 5.78. The number of H-pyrrole nitrogens is 1. The van der Waals surface area contributed by atoms with Crippen LogP contribution in [0.5, 0.6) is 0 Å². The third-order valence-corrected chi connectivity index (χ3v) is 2.67. The monoisotopic (exact) mass is 222 g/mol. The standard InChI is InChI=1S/C10H14N4S/c1-8-6-14(10(15)12-8)9(2)7-13-5-3-4-11-13/h3-6,9H,7H2,1-2H3,(H,12,15). The Kier molecular flexibility index (Phi) is 2.73. The van der Waals surface area contributed by atoms with Gasteiger partial charge in [-0.1, -0.05) is 0 Å². The number of imidazole rings is 1. The smallest absolute Gasteiger partial charge is 0.177 e. The maximum atomic E-state index is 5.22. The summed E-state index contributed by atoms with van der Waals surface area (Å²) in [5, 5.41) is 4.18. The van der Waals surface area contributed by atoms with Crippen molar-refractivity contribution in [3.8, 4) is 0 Å². The summed E-state index contributed by atoms with van der Waals surface area (Å²) < 4.78 is 4.74. The van der Waals surface area contributed by atoms with Crippen molar-refractivity contribution < 1.29 is 0 Å². The van der Waals surface area contributed by atoms with Crippen LogP contribution in [0.2, 0.25) is 0 Å². The Labute approximate surface area is 93.6 Å². The highest BCUT2D eigenvalue weighted by Crippen LogP contribution is 2.10. The molecule has 0 aliphatic rings. The lowest BCUT2D eigenvalue weighted by atomic mass is 10.3. The summed E-state index contributed by atoms with van der Waals surface area (Å²) in [4.78, 5) is 3.12. The normalized spacial score (nSPS) is 12.9. The van der Waals surface area contributed by atoms with E-state index in [0.717, 1.165) is 17.0 Å². The number of rotatable bonds is 3. The fourth-order valence-corrected chi connectivity index (χ4v) is 2.02. The second-order valence-corrected chi connectivity index (χ2v) is 4.11. The average Bonchev–Trinajstić information content (AvgIpc) is 2.75. The van der Waals surface area contributed by atoms with Gasteiger partial charge in [0.05, 0.1) is 12.6 Å². The molecule has 0 saturated carbocycles. The maximum Gasteiger partial charge on any atom is 0.177 e. The maximum absolute atomic E-state index is 5.22. The van der Waals surface area contributed by atoms with E-state index in [2.05, 4.69) is 21.6 Å². The Morgan fingerprint density at radius 1 is 1.60 bits per heavy atom. The first-order chi connectivity index (χ1) is 7.16. The predicted molar refractivity (Wildman–Crippen MR) is 61.3 cm³/mol. The van der Waals surface area contributed by atoms with Crippen LogP contribution < -0.4 is 0 Å². The van der Waals surface area contributed by atoms with Crippen LogP contribution in [0.3, 0.4) is 0 Å². The van der Waals surface area contributed by atoms with Crippen LogP contribution in [0.15, 0.2) is 24.7 Å². The molecule has 2 aromatic rings. The summed E-state index contributed by atoms with van der Waals surface area (Å²) >= 11 is 5.22. The molecule has 1 unspecified atom stereocenters. The molecule has 0 aliphatic heterocycles. The Bertz CT molecular complexity index is 480. The van der Waals surface area contributed by atoms with E-state index in [-0.39, 0.29) is 0 Å². The molecule has 15 heavy (non-hydrogen) atoms. The summed E-state index contributed by atoms with van der Waals surface area (Å²) in [6, 6.07) is 2.23. The second-order valence-electron chi connectivity index (χ2n) is 3.73. The minimum atomic E-state index is 0.308. The highest BCUT2D eigenvalue weighted by molar-refractivity contribution is 7.71. The van der Waals surface area contributed by atoms with Gasteiger partial charge in [0.15, 0.2) is 4.77 Å². The molecular weight excluding hydrogens is 208 g/mol. The first-order valence-corrected chi connectivity index (χ1v) is 5.33. The van der Waals surface area contributed by atoms with Gasteiger partial charge in [-0.25, -0.2) is 0 Å². The van der Waals surface area contributed by atoms with Crippen molar-refractivity contribution in [3.63, 3.8) is 0 Å².